The summed E-state index contributed by atoms with van der Waals surface area (Å²) in [5.74, 6) is -0.161. The highest BCUT2D eigenvalue weighted by Gasteiger charge is 2.09. The molecule has 0 radical (unpaired) electrons. The summed E-state index contributed by atoms with van der Waals surface area (Å²) in [6, 6.07) is 21.1. The van der Waals surface area contributed by atoms with Crippen molar-refractivity contribution in [1.82, 2.24) is 5.32 Å². The van der Waals surface area contributed by atoms with E-state index < -0.39 is 0 Å². The van der Waals surface area contributed by atoms with Crippen molar-refractivity contribution in [3.8, 4) is 0 Å². The number of benzene rings is 3. The van der Waals surface area contributed by atoms with Gasteiger partial charge in [-0.3, -0.25) is 4.79 Å². The zero-order valence-electron chi connectivity index (χ0n) is 12.8. The van der Waals surface area contributed by atoms with E-state index in [1.165, 1.54) is 0 Å². The number of rotatable bonds is 3. The fourth-order valence-corrected chi connectivity index (χ4v) is 2.94. The van der Waals surface area contributed by atoms with Gasteiger partial charge in [0.1, 0.15) is 0 Å². The summed E-state index contributed by atoms with van der Waals surface area (Å²) in [7, 11) is 0. The molecule has 0 aliphatic rings. The Morgan fingerprint density at radius 1 is 1.00 bits per heavy atom. The van der Waals surface area contributed by atoms with Crippen molar-refractivity contribution in [2.24, 2.45) is 0 Å². The second kappa shape index (κ2) is 7.43. The highest BCUT2D eigenvalue weighted by atomic mass is 35.5. The molecule has 0 spiro atoms. The lowest BCUT2D eigenvalue weighted by Gasteiger charge is -2.11. The predicted octanol–water partition coefficient (Wildman–Crippen LogP) is 4.55. The van der Waals surface area contributed by atoms with Crippen molar-refractivity contribution in [3.63, 3.8) is 0 Å². The summed E-state index contributed by atoms with van der Waals surface area (Å²) in [5.41, 5.74) is 1.70. The van der Waals surface area contributed by atoms with Crippen molar-refractivity contribution >= 4 is 51.3 Å². The van der Waals surface area contributed by atoms with Crippen LogP contribution in [0.15, 0.2) is 66.7 Å². The van der Waals surface area contributed by atoms with E-state index in [1.54, 1.807) is 12.1 Å². The van der Waals surface area contributed by atoms with Gasteiger partial charge >= 0.3 is 0 Å². The number of carbonyl (C=O) groups is 1. The third kappa shape index (κ3) is 4.10. The van der Waals surface area contributed by atoms with E-state index in [0.717, 1.165) is 22.0 Å². The van der Waals surface area contributed by atoms with Crippen LogP contribution in [-0.4, -0.2) is 11.0 Å². The molecule has 24 heavy (non-hydrogen) atoms. The van der Waals surface area contributed by atoms with Crippen molar-refractivity contribution in [1.29, 1.82) is 0 Å². The zero-order chi connectivity index (χ0) is 16.9. The number of hydrogen-bond donors (Lipinski definition) is 2. The van der Waals surface area contributed by atoms with E-state index in [-0.39, 0.29) is 17.4 Å². The Bertz CT molecular complexity index is 905. The molecule has 3 rings (SSSR count). The maximum atomic E-state index is 12.3. The number of hydrogen-bond acceptors (Lipinski definition) is 2. The SMILES string of the molecule is O=C(Cc1cccc2ccccc12)NC(=S)Nc1cccc(Cl)c1. The molecule has 0 unspecified atom stereocenters. The largest absolute Gasteiger partial charge is 0.332 e. The van der Waals surface area contributed by atoms with Gasteiger partial charge in [0.25, 0.3) is 0 Å². The summed E-state index contributed by atoms with van der Waals surface area (Å²) < 4.78 is 0. The summed E-state index contributed by atoms with van der Waals surface area (Å²) in [4.78, 5) is 12.3. The van der Waals surface area contributed by atoms with Crippen LogP contribution >= 0.6 is 23.8 Å². The van der Waals surface area contributed by atoms with Gasteiger partial charge in [0.2, 0.25) is 5.91 Å². The monoisotopic (exact) mass is 354 g/mol. The van der Waals surface area contributed by atoms with E-state index in [4.69, 9.17) is 23.8 Å². The first kappa shape index (κ1) is 16.4. The summed E-state index contributed by atoms with van der Waals surface area (Å²) in [6.45, 7) is 0. The lowest BCUT2D eigenvalue weighted by atomic mass is 10.0. The van der Waals surface area contributed by atoms with Crippen molar-refractivity contribution in [2.45, 2.75) is 6.42 Å². The van der Waals surface area contributed by atoms with E-state index in [1.807, 2.05) is 54.6 Å². The van der Waals surface area contributed by atoms with Crippen molar-refractivity contribution in [3.05, 3.63) is 77.3 Å². The highest BCUT2D eigenvalue weighted by molar-refractivity contribution is 7.80. The molecule has 2 N–H and O–H groups in total. The normalized spacial score (nSPS) is 10.4. The maximum Gasteiger partial charge on any atom is 0.230 e. The molecule has 0 heterocycles. The van der Waals surface area contributed by atoms with Gasteiger partial charge in [-0.2, -0.15) is 0 Å². The number of carbonyl (C=O) groups excluding carboxylic acids is 1. The molecule has 0 fully saturated rings. The Morgan fingerprint density at radius 2 is 1.75 bits per heavy atom. The average Bonchev–Trinajstić information content (AvgIpc) is 2.55. The lowest BCUT2D eigenvalue weighted by molar-refractivity contribution is -0.119. The van der Waals surface area contributed by atoms with Gasteiger partial charge in [-0.15, -0.1) is 0 Å². The van der Waals surface area contributed by atoms with E-state index in [2.05, 4.69) is 10.6 Å². The number of thiocarbonyl (C=S) groups is 1. The average molecular weight is 355 g/mol. The Kier molecular flexibility index (Phi) is 5.08. The number of halogens is 1. The molecule has 0 aromatic heterocycles. The maximum absolute atomic E-state index is 12.3. The first-order valence-electron chi connectivity index (χ1n) is 7.45. The molecule has 0 atom stereocenters. The molecule has 1 amide bonds. The minimum atomic E-state index is -0.161. The molecule has 120 valence electrons. The fraction of sp³-hybridized carbons (Fsp3) is 0.0526. The van der Waals surface area contributed by atoms with Crippen LogP contribution in [0.5, 0.6) is 0 Å². The van der Waals surface area contributed by atoms with E-state index >= 15 is 0 Å². The molecule has 5 heteroatoms. The number of fused-ring (bicyclic) bond motifs is 1. The van der Waals surface area contributed by atoms with E-state index in [0.29, 0.717) is 5.02 Å². The van der Waals surface area contributed by atoms with Crippen molar-refractivity contribution < 1.29 is 4.79 Å². The van der Waals surface area contributed by atoms with Crippen LogP contribution in [0.25, 0.3) is 10.8 Å². The van der Waals surface area contributed by atoms with E-state index in [9.17, 15) is 4.79 Å². The lowest BCUT2D eigenvalue weighted by Crippen LogP contribution is -2.35. The zero-order valence-corrected chi connectivity index (χ0v) is 14.3. The van der Waals surface area contributed by atoms with Crippen LogP contribution in [0.1, 0.15) is 5.56 Å². The Balaban J connectivity index is 1.65. The fourth-order valence-electron chi connectivity index (χ4n) is 2.52. The van der Waals surface area contributed by atoms with Gasteiger partial charge in [0.05, 0.1) is 6.42 Å². The first-order chi connectivity index (χ1) is 11.6. The minimum Gasteiger partial charge on any atom is -0.332 e. The number of anilines is 1. The van der Waals surface area contributed by atoms with Crippen molar-refractivity contribution in [2.75, 3.05) is 5.32 Å². The number of amides is 1. The smallest absolute Gasteiger partial charge is 0.230 e. The molecule has 3 aromatic carbocycles. The standard InChI is InChI=1S/C19H15ClN2OS/c20-15-8-4-9-16(12-15)21-19(24)22-18(23)11-14-7-3-6-13-5-1-2-10-17(13)14/h1-10,12H,11H2,(H2,21,22,23,24). The van der Waals surface area contributed by atoms with Gasteiger partial charge in [-0.25, -0.2) is 0 Å². The molecule has 3 aromatic rings. The van der Waals surface area contributed by atoms with Gasteiger partial charge in [0, 0.05) is 10.7 Å². The van der Waals surface area contributed by atoms with Crippen LogP contribution in [-0.2, 0) is 11.2 Å². The molecule has 0 saturated carbocycles. The molecule has 3 nitrogen and oxygen atoms in total. The molecular weight excluding hydrogens is 340 g/mol. The Labute approximate surface area is 150 Å². The molecule has 0 aliphatic carbocycles. The molecule has 0 saturated heterocycles. The summed E-state index contributed by atoms with van der Waals surface area (Å²) >= 11 is 11.1. The topological polar surface area (TPSA) is 41.1 Å². The molecule has 0 aliphatic heterocycles. The summed E-state index contributed by atoms with van der Waals surface area (Å²) in [6.07, 6.45) is 0.263. The predicted molar refractivity (Wildman–Crippen MR) is 103 cm³/mol. The summed E-state index contributed by atoms with van der Waals surface area (Å²) in [5, 5.41) is 8.69. The van der Waals surface area contributed by atoms with Gasteiger partial charge in [-0.1, -0.05) is 60.1 Å². The number of nitrogens with one attached hydrogen (secondary N) is 2. The van der Waals surface area contributed by atoms with Gasteiger partial charge in [-0.05, 0) is 46.8 Å². The first-order valence-corrected chi connectivity index (χ1v) is 8.23. The van der Waals surface area contributed by atoms with Gasteiger partial charge in [0.15, 0.2) is 5.11 Å². The molecule has 0 bridgehead atoms. The van der Waals surface area contributed by atoms with Crippen LogP contribution < -0.4 is 10.6 Å². The second-order valence-electron chi connectivity index (χ2n) is 5.33. The minimum absolute atomic E-state index is 0.161. The van der Waals surface area contributed by atoms with Crippen LogP contribution in [0, 0.1) is 0 Å². The Hall–Kier alpha value is -2.43. The quantitative estimate of drug-likeness (QED) is 0.678. The van der Waals surface area contributed by atoms with Crippen LogP contribution in [0.3, 0.4) is 0 Å². The van der Waals surface area contributed by atoms with Crippen LogP contribution in [0.4, 0.5) is 5.69 Å². The van der Waals surface area contributed by atoms with Crippen LogP contribution in [0.2, 0.25) is 5.02 Å². The Morgan fingerprint density at radius 3 is 2.58 bits per heavy atom. The highest BCUT2D eigenvalue weighted by Crippen LogP contribution is 2.19. The van der Waals surface area contributed by atoms with Gasteiger partial charge < -0.3 is 10.6 Å². The third-order valence-corrected chi connectivity index (χ3v) is 4.01. The molecular formula is C19H15ClN2OS. The second-order valence-corrected chi connectivity index (χ2v) is 6.17. The third-order valence-electron chi connectivity index (χ3n) is 3.57.